The van der Waals surface area contributed by atoms with Gasteiger partial charge in [0.05, 0.1) is 9.40 Å². The third-order valence-electron chi connectivity index (χ3n) is 2.36. The van der Waals surface area contributed by atoms with Crippen molar-refractivity contribution in [2.24, 2.45) is 0 Å². The van der Waals surface area contributed by atoms with Crippen LogP contribution in [0.15, 0.2) is 40.9 Å². The summed E-state index contributed by atoms with van der Waals surface area (Å²) in [5.74, 6) is -1.32. The fourth-order valence-electron chi connectivity index (χ4n) is 1.46. The second-order valence-corrected chi connectivity index (χ2v) is 4.58. The summed E-state index contributed by atoms with van der Waals surface area (Å²) in [4.78, 5) is 25.5. The van der Waals surface area contributed by atoms with E-state index in [9.17, 15) is 19.3 Å². The fourth-order valence-corrected chi connectivity index (χ4v) is 1.85. The Morgan fingerprint density at radius 2 is 2.10 bits per heavy atom. The topological polar surface area (TPSA) is 85.1 Å². The number of nitro groups is 1. The van der Waals surface area contributed by atoms with Gasteiger partial charge in [0, 0.05) is 11.6 Å². The Balaban J connectivity index is 2.26. The van der Waals surface area contributed by atoms with Gasteiger partial charge in [-0.15, -0.1) is 0 Å². The van der Waals surface area contributed by atoms with Gasteiger partial charge < -0.3 is 5.32 Å². The molecule has 20 heavy (non-hydrogen) atoms. The summed E-state index contributed by atoms with van der Waals surface area (Å²) in [6.07, 6.45) is 0. The average Bonchev–Trinajstić information content (AvgIpc) is 2.38. The van der Waals surface area contributed by atoms with Gasteiger partial charge in [-0.1, -0.05) is 6.07 Å². The summed E-state index contributed by atoms with van der Waals surface area (Å²) >= 11 is 3.02. The molecule has 1 heterocycles. The Morgan fingerprint density at radius 1 is 1.35 bits per heavy atom. The molecular formula is C12H7BrFN3O3. The predicted octanol–water partition coefficient (Wildman–Crippen LogP) is 3.14. The number of hydrogen-bond donors (Lipinski definition) is 1. The van der Waals surface area contributed by atoms with Crippen molar-refractivity contribution < 1.29 is 14.1 Å². The van der Waals surface area contributed by atoms with Gasteiger partial charge in [-0.2, -0.15) is 4.39 Å². The van der Waals surface area contributed by atoms with Crippen LogP contribution in [0.25, 0.3) is 0 Å². The highest BCUT2D eigenvalue weighted by Crippen LogP contribution is 2.25. The van der Waals surface area contributed by atoms with Crippen LogP contribution in [0.2, 0.25) is 0 Å². The van der Waals surface area contributed by atoms with Crippen molar-refractivity contribution >= 4 is 33.3 Å². The summed E-state index contributed by atoms with van der Waals surface area (Å²) in [5.41, 5.74) is -0.157. The minimum Gasteiger partial charge on any atom is -0.306 e. The van der Waals surface area contributed by atoms with Crippen molar-refractivity contribution in [3.63, 3.8) is 0 Å². The Morgan fingerprint density at radius 3 is 2.75 bits per heavy atom. The van der Waals surface area contributed by atoms with Crippen LogP contribution in [0.5, 0.6) is 0 Å². The van der Waals surface area contributed by atoms with Crippen molar-refractivity contribution in [3.05, 3.63) is 62.5 Å². The number of amides is 1. The smallest absolute Gasteiger partial charge is 0.284 e. The highest BCUT2D eigenvalue weighted by molar-refractivity contribution is 9.10. The quantitative estimate of drug-likeness (QED) is 0.528. The molecular weight excluding hydrogens is 333 g/mol. The average molecular weight is 340 g/mol. The number of nitrogens with one attached hydrogen (secondary N) is 1. The Labute approximate surface area is 120 Å². The monoisotopic (exact) mass is 339 g/mol. The third-order valence-corrected chi connectivity index (χ3v) is 3.03. The molecule has 8 heteroatoms. The number of hydrogen-bond acceptors (Lipinski definition) is 4. The lowest BCUT2D eigenvalue weighted by Crippen LogP contribution is -2.13. The van der Waals surface area contributed by atoms with Crippen LogP contribution < -0.4 is 5.32 Å². The van der Waals surface area contributed by atoms with Gasteiger partial charge in [0.15, 0.2) is 0 Å². The maximum Gasteiger partial charge on any atom is 0.284 e. The number of nitro benzene ring substituents is 1. The van der Waals surface area contributed by atoms with E-state index in [4.69, 9.17) is 0 Å². The number of anilines is 1. The van der Waals surface area contributed by atoms with Crippen LogP contribution in [0.3, 0.4) is 0 Å². The first kappa shape index (κ1) is 14.1. The van der Waals surface area contributed by atoms with Gasteiger partial charge >= 0.3 is 0 Å². The van der Waals surface area contributed by atoms with Gasteiger partial charge in [0.2, 0.25) is 5.95 Å². The highest BCUT2D eigenvalue weighted by atomic mass is 79.9. The minimum absolute atomic E-state index is 0.0283. The SMILES string of the molecule is O=C(Nc1cccc(F)n1)c1ccc(Br)c([N+](=O)[O-])c1. The lowest BCUT2D eigenvalue weighted by molar-refractivity contribution is -0.385. The number of carbonyl (C=O) groups is 1. The zero-order valence-electron chi connectivity index (χ0n) is 9.84. The van der Waals surface area contributed by atoms with Crippen molar-refractivity contribution in [2.75, 3.05) is 5.32 Å². The molecule has 0 fully saturated rings. The molecule has 0 radical (unpaired) electrons. The van der Waals surface area contributed by atoms with Gasteiger partial charge in [-0.3, -0.25) is 14.9 Å². The number of nitrogens with zero attached hydrogens (tertiary/aromatic N) is 2. The van der Waals surface area contributed by atoms with Crippen LogP contribution in [0, 0.1) is 16.1 Å². The fraction of sp³-hybridized carbons (Fsp3) is 0. The maximum atomic E-state index is 12.9. The molecule has 102 valence electrons. The third kappa shape index (κ3) is 3.15. The van der Waals surface area contributed by atoms with Crippen LogP contribution >= 0.6 is 15.9 Å². The largest absolute Gasteiger partial charge is 0.306 e. The van der Waals surface area contributed by atoms with E-state index in [2.05, 4.69) is 26.2 Å². The second-order valence-electron chi connectivity index (χ2n) is 3.72. The molecule has 0 aliphatic heterocycles. The normalized spacial score (nSPS) is 10.1. The molecule has 1 N–H and O–H groups in total. The summed E-state index contributed by atoms with van der Waals surface area (Å²) < 4.78 is 13.2. The molecule has 6 nitrogen and oxygen atoms in total. The zero-order chi connectivity index (χ0) is 14.7. The van der Waals surface area contributed by atoms with E-state index in [0.29, 0.717) is 0 Å². The standard InChI is InChI=1S/C12H7BrFN3O3/c13-8-5-4-7(6-9(8)17(19)20)12(18)16-11-3-1-2-10(14)15-11/h1-6H,(H,15,16,18). The molecule has 0 aliphatic carbocycles. The summed E-state index contributed by atoms with van der Waals surface area (Å²) in [6, 6.07) is 7.87. The van der Waals surface area contributed by atoms with Crippen molar-refractivity contribution in [1.29, 1.82) is 0 Å². The Kier molecular flexibility index (Phi) is 4.04. The molecule has 1 aromatic carbocycles. The number of pyridine rings is 1. The van der Waals surface area contributed by atoms with Gasteiger partial charge in [0.1, 0.15) is 5.82 Å². The lowest BCUT2D eigenvalue weighted by Gasteiger charge is -2.04. The molecule has 0 saturated heterocycles. The number of rotatable bonds is 3. The highest BCUT2D eigenvalue weighted by Gasteiger charge is 2.16. The number of benzene rings is 1. The van der Waals surface area contributed by atoms with E-state index in [1.165, 1.54) is 24.3 Å². The van der Waals surface area contributed by atoms with Crippen LogP contribution in [-0.2, 0) is 0 Å². The molecule has 0 atom stereocenters. The molecule has 0 bridgehead atoms. The molecule has 1 aromatic heterocycles. The molecule has 0 spiro atoms. The van der Waals surface area contributed by atoms with E-state index in [-0.39, 0.29) is 21.5 Å². The van der Waals surface area contributed by atoms with Crippen molar-refractivity contribution in [1.82, 2.24) is 4.98 Å². The van der Waals surface area contributed by atoms with Gasteiger partial charge in [-0.25, -0.2) is 4.98 Å². The molecule has 1 amide bonds. The van der Waals surface area contributed by atoms with E-state index in [0.717, 1.165) is 12.1 Å². The Hall–Kier alpha value is -2.35. The van der Waals surface area contributed by atoms with Gasteiger partial charge in [0.25, 0.3) is 11.6 Å². The van der Waals surface area contributed by atoms with Crippen molar-refractivity contribution in [3.8, 4) is 0 Å². The maximum absolute atomic E-state index is 12.9. The van der Waals surface area contributed by atoms with E-state index in [1.807, 2.05) is 0 Å². The zero-order valence-corrected chi connectivity index (χ0v) is 11.4. The summed E-state index contributed by atoms with van der Waals surface area (Å²) in [7, 11) is 0. The van der Waals surface area contributed by atoms with Crippen LogP contribution in [0.4, 0.5) is 15.9 Å². The summed E-state index contributed by atoms with van der Waals surface area (Å²) in [6.45, 7) is 0. The second kappa shape index (κ2) is 5.74. The van der Waals surface area contributed by atoms with E-state index < -0.39 is 16.8 Å². The van der Waals surface area contributed by atoms with Crippen molar-refractivity contribution in [2.45, 2.75) is 0 Å². The molecule has 0 aliphatic rings. The predicted molar refractivity (Wildman–Crippen MR) is 72.9 cm³/mol. The van der Waals surface area contributed by atoms with Crippen LogP contribution in [-0.4, -0.2) is 15.8 Å². The van der Waals surface area contributed by atoms with E-state index in [1.54, 1.807) is 0 Å². The number of aromatic nitrogens is 1. The van der Waals surface area contributed by atoms with Gasteiger partial charge in [-0.05, 0) is 40.2 Å². The van der Waals surface area contributed by atoms with E-state index >= 15 is 0 Å². The first-order chi connectivity index (χ1) is 9.47. The minimum atomic E-state index is -0.732. The number of carbonyl (C=O) groups excluding carboxylic acids is 1. The first-order valence-electron chi connectivity index (χ1n) is 5.35. The molecule has 2 aromatic rings. The molecule has 2 rings (SSSR count). The molecule has 0 unspecified atom stereocenters. The molecule has 0 saturated carbocycles. The Bertz CT molecular complexity index is 693. The first-order valence-corrected chi connectivity index (χ1v) is 6.14. The number of halogens is 2. The summed E-state index contributed by atoms with van der Waals surface area (Å²) in [5, 5.41) is 13.1. The lowest BCUT2D eigenvalue weighted by atomic mass is 10.2. The van der Waals surface area contributed by atoms with Crippen LogP contribution in [0.1, 0.15) is 10.4 Å².